The fraction of sp³-hybridized carbons (Fsp3) is 0.538. The molecule has 0 atom stereocenters. The molecular weight excluding hydrogens is 232 g/mol. The number of hydrogen-bond donors (Lipinski definition) is 1. The van der Waals surface area contributed by atoms with Gasteiger partial charge in [-0.1, -0.05) is 0 Å². The van der Waals surface area contributed by atoms with Crippen LogP contribution in [0.1, 0.15) is 37.0 Å². The second-order valence-corrected chi connectivity index (χ2v) is 4.59. The Morgan fingerprint density at radius 2 is 2.22 bits per heavy atom. The van der Waals surface area contributed by atoms with Gasteiger partial charge >= 0.3 is 0 Å². The van der Waals surface area contributed by atoms with Crippen molar-refractivity contribution in [3.8, 4) is 11.6 Å². The molecule has 0 spiro atoms. The van der Waals surface area contributed by atoms with Crippen molar-refractivity contribution in [2.45, 2.75) is 38.9 Å². The van der Waals surface area contributed by atoms with Gasteiger partial charge in [-0.05, 0) is 26.7 Å². The van der Waals surface area contributed by atoms with Gasteiger partial charge in [0.1, 0.15) is 0 Å². The van der Waals surface area contributed by atoms with Gasteiger partial charge in [-0.3, -0.25) is 4.79 Å². The predicted molar refractivity (Wildman–Crippen MR) is 67.0 cm³/mol. The zero-order valence-corrected chi connectivity index (χ0v) is 10.9. The van der Waals surface area contributed by atoms with E-state index >= 15 is 0 Å². The summed E-state index contributed by atoms with van der Waals surface area (Å²) in [5.41, 5.74) is 0.476. The van der Waals surface area contributed by atoms with Crippen LogP contribution in [0.25, 0.3) is 0 Å². The summed E-state index contributed by atoms with van der Waals surface area (Å²) >= 11 is 0. The van der Waals surface area contributed by atoms with E-state index in [0.29, 0.717) is 17.2 Å². The van der Waals surface area contributed by atoms with Crippen LogP contribution in [0.5, 0.6) is 11.6 Å². The number of carbonyl (C=O) groups is 1. The fourth-order valence-electron chi connectivity index (χ4n) is 1.46. The Bertz CT molecular complexity index is 442. The lowest BCUT2D eigenvalue weighted by molar-refractivity contribution is 0.0962. The summed E-state index contributed by atoms with van der Waals surface area (Å²) in [7, 11) is 1.59. The molecule has 0 saturated heterocycles. The van der Waals surface area contributed by atoms with Gasteiger partial charge in [0.15, 0.2) is 5.75 Å². The first-order chi connectivity index (χ1) is 8.60. The average molecular weight is 250 g/mol. The van der Waals surface area contributed by atoms with Crippen LogP contribution >= 0.6 is 0 Å². The molecule has 1 saturated carbocycles. The first-order valence-electron chi connectivity index (χ1n) is 6.15. The van der Waals surface area contributed by atoms with Gasteiger partial charge in [-0.15, -0.1) is 0 Å². The van der Waals surface area contributed by atoms with Crippen molar-refractivity contribution in [1.82, 2.24) is 10.3 Å². The van der Waals surface area contributed by atoms with Gasteiger partial charge in [0.2, 0.25) is 0 Å². The maximum absolute atomic E-state index is 11.6. The summed E-state index contributed by atoms with van der Waals surface area (Å²) < 4.78 is 11.3. The largest absolute Gasteiger partial charge is 0.485 e. The first-order valence-corrected chi connectivity index (χ1v) is 6.15. The number of nitrogens with one attached hydrogen (secondary N) is 1. The lowest BCUT2D eigenvalue weighted by Crippen LogP contribution is -2.18. The van der Waals surface area contributed by atoms with E-state index in [4.69, 9.17) is 9.47 Å². The Morgan fingerprint density at radius 1 is 1.50 bits per heavy atom. The highest BCUT2D eigenvalue weighted by Crippen LogP contribution is 2.33. The Kier molecular flexibility index (Phi) is 3.69. The summed E-state index contributed by atoms with van der Waals surface area (Å²) in [5, 5.41) is 2.56. The lowest BCUT2D eigenvalue weighted by Gasteiger charge is -2.14. The second-order valence-electron chi connectivity index (χ2n) is 4.59. The molecule has 1 amide bonds. The lowest BCUT2D eigenvalue weighted by atomic mass is 10.2. The Hall–Kier alpha value is -1.78. The molecule has 1 aromatic heterocycles. The van der Waals surface area contributed by atoms with Gasteiger partial charge in [-0.2, -0.15) is 0 Å². The van der Waals surface area contributed by atoms with Crippen LogP contribution in [0.2, 0.25) is 0 Å². The standard InChI is InChI=1S/C13H18N2O3/c1-8(2)17-13-11(18-10-4-5-10)6-9(7-15-13)12(16)14-3/h6-8,10H,4-5H2,1-3H3,(H,14,16). The molecule has 18 heavy (non-hydrogen) atoms. The minimum atomic E-state index is -0.181. The topological polar surface area (TPSA) is 60.5 Å². The van der Waals surface area contributed by atoms with E-state index < -0.39 is 0 Å². The van der Waals surface area contributed by atoms with Crippen LogP contribution in [0.15, 0.2) is 12.3 Å². The van der Waals surface area contributed by atoms with Gasteiger partial charge in [0, 0.05) is 19.3 Å². The molecule has 5 heteroatoms. The van der Waals surface area contributed by atoms with Crippen LogP contribution in [-0.2, 0) is 0 Å². The number of ether oxygens (including phenoxy) is 2. The van der Waals surface area contributed by atoms with Crippen molar-refractivity contribution in [3.63, 3.8) is 0 Å². The molecule has 0 unspecified atom stereocenters. The number of amides is 1. The Labute approximate surface area is 107 Å². The molecule has 1 aromatic rings. The summed E-state index contributed by atoms with van der Waals surface area (Å²) in [6.07, 6.45) is 3.85. The Morgan fingerprint density at radius 3 is 2.78 bits per heavy atom. The average Bonchev–Trinajstić information content (AvgIpc) is 3.13. The highest BCUT2D eigenvalue weighted by Gasteiger charge is 2.26. The highest BCUT2D eigenvalue weighted by atomic mass is 16.5. The third kappa shape index (κ3) is 3.12. The number of pyridine rings is 1. The third-order valence-electron chi connectivity index (χ3n) is 2.47. The molecule has 1 N–H and O–H groups in total. The summed E-state index contributed by atoms with van der Waals surface area (Å²) in [5.74, 6) is 0.816. The van der Waals surface area contributed by atoms with E-state index in [1.54, 1.807) is 13.1 Å². The Balaban J connectivity index is 2.24. The molecule has 1 aliphatic carbocycles. The quantitative estimate of drug-likeness (QED) is 0.865. The maximum atomic E-state index is 11.6. The molecule has 1 aliphatic rings. The normalized spacial score (nSPS) is 14.4. The predicted octanol–water partition coefficient (Wildman–Crippen LogP) is 1.77. The van der Waals surface area contributed by atoms with Crippen LogP contribution in [0, 0.1) is 0 Å². The van der Waals surface area contributed by atoms with Crippen molar-refractivity contribution in [1.29, 1.82) is 0 Å². The van der Waals surface area contributed by atoms with E-state index in [1.807, 2.05) is 13.8 Å². The molecule has 98 valence electrons. The van der Waals surface area contributed by atoms with Gasteiger partial charge in [-0.25, -0.2) is 4.98 Å². The highest BCUT2D eigenvalue weighted by molar-refractivity contribution is 5.94. The van der Waals surface area contributed by atoms with Crippen LogP contribution in [-0.4, -0.2) is 30.1 Å². The van der Waals surface area contributed by atoms with Crippen molar-refractivity contribution < 1.29 is 14.3 Å². The molecule has 5 nitrogen and oxygen atoms in total. The SMILES string of the molecule is CNC(=O)c1cnc(OC(C)C)c(OC2CC2)c1. The van der Waals surface area contributed by atoms with E-state index in [2.05, 4.69) is 10.3 Å². The van der Waals surface area contributed by atoms with Crippen LogP contribution in [0.4, 0.5) is 0 Å². The fourth-order valence-corrected chi connectivity index (χ4v) is 1.46. The zero-order valence-electron chi connectivity index (χ0n) is 10.9. The number of aromatic nitrogens is 1. The summed E-state index contributed by atoms with van der Waals surface area (Å²) in [6.45, 7) is 3.85. The van der Waals surface area contributed by atoms with Crippen molar-refractivity contribution >= 4 is 5.91 Å². The smallest absolute Gasteiger partial charge is 0.257 e. The number of hydrogen-bond acceptors (Lipinski definition) is 4. The molecule has 2 rings (SSSR count). The monoisotopic (exact) mass is 250 g/mol. The summed E-state index contributed by atoms with van der Waals surface area (Å²) in [6, 6.07) is 1.68. The molecule has 0 bridgehead atoms. The van der Waals surface area contributed by atoms with Crippen LogP contribution in [0.3, 0.4) is 0 Å². The maximum Gasteiger partial charge on any atom is 0.257 e. The minimum absolute atomic E-state index is 0.0184. The zero-order chi connectivity index (χ0) is 13.1. The minimum Gasteiger partial charge on any atom is -0.485 e. The van der Waals surface area contributed by atoms with E-state index in [9.17, 15) is 4.79 Å². The molecule has 0 aromatic carbocycles. The molecule has 0 radical (unpaired) electrons. The van der Waals surface area contributed by atoms with Gasteiger partial charge in [0.05, 0.1) is 17.8 Å². The van der Waals surface area contributed by atoms with Crippen molar-refractivity contribution in [2.24, 2.45) is 0 Å². The number of rotatable bonds is 5. The van der Waals surface area contributed by atoms with E-state index in [1.165, 1.54) is 6.20 Å². The van der Waals surface area contributed by atoms with Gasteiger partial charge in [0.25, 0.3) is 11.8 Å². The van der Waals surface area contributed by atoms with E-state index in [-0.39, 0.29) is 18.1 Å². The second kappa shape index (κ2) is 5.25. The number of carbonyl (C=O) groups excluding carboxylic acids is 1. The first kappa shape index (κ1) is 12.7. The number of nitrogens with zero attached hydrogens (tertiary/aromatic N) is 1. The summed E-state index contributed by atoms with van der Waals surface area (Å²) in [4.78, 5) is 15.7. The molecule has 0 aliphatic heterocycles. The molecule has 1 heterocycles. The van der Waals surface area contributed by atoms with Crippen LogP contribution < -0.4 is 14.8 Å². The molecule has 1 fully saturated rings. The molecular formula is C13H18N2O3. The van der Waals surface area contributed by atoms with E-state index in [0.717, 1.165) is 12.8 Å². The van der Waals surface area contributed by atoms with Gasteiger partial charge < -0.3 is 14.8 Å². The third-order valence-corrected chi connectivity index (χ3v) is 2.47. The van der Waals surface area contributed by atoms with Crippen molar-refractivity contribution in [2.75, 3.05) is 7.05 Å². The van der Waals surface area contributed by atoms with Crippen molar-refractivity contribution in [3.05, 3.63) is 17.8 Å².